The highest BCUT2D eigenvalue weighted by atomic mass is 32.1. The molecule has 0 aliphatic carbocycles. The number of hydrogen-bond acceptors (Lipinski definition) is 9. The lowest BCUT2D eigenvalue weighted by Gasteiger charge is -2.14. The first-order valence-corrected chi connectivity index (χ1v) is 15.9. The van der Waals surface area contributed by atoms with E-state index in [1.165, 1.54) is 79.4 Å². The molecule has 0 fully saturated rings. The van der Waals surface area contributed by atoms with Crippen LogP contribution in [0.5, 0.6) is 0 Å². The van der Waals surface area contributed by atoms with Gasteiger partial charge in [0, 0.05) is 6.20 Å². The average molecular weight is 634 g/mol. The van der Waals surface area contributed by atoms with Crippen LogP contribution in [0.15, 0.2) is 67.1 Å². The Labute approximate surface area is 268 Å². The Morgan fingerprint density at radius 2 is 1.57 bits per heavy atom. The van der Waals surface area contributed by atoms with Gasteiger partial charge in [-0.2, -0.15) is 0 Å². The van der Waals surface area contributed by atoms with E-state index in [0.29, 0.717) is 11.7 Å². The van der Waals surface area contributed by atoms with Crippen LogP contribution >= 0.6 is 11.3 Å². The summed E-state index contributed by atoms with van der Waals surface area (Å²) in [5.41, 5.74) is 3.72. The molecule has 0 spiro atoms. The standard InChI is InChI=1S/C34H31N7O4S/c1-3-5-6-19(4-2)13-20-7-8-23-25(14-20)40-32(39-23)29-10-9-28(46-29)31-37-18-36-30(41-31)27-17-22(34(44)45)16-26(38-27)24-15-21(33(42)43)11-12-35-24/h7-12,14-19H,3-6,13H2,1-2H3,(H,39,40)(H,42,43)(H,44,45). The third-order valence-corrected chi connectivity index (χ3v) is 8.90. The smallest absolute Gasteiger partial charge is 0.335 e. The highest BCUT2D eigenvalue weighted by Gasteiger charge is 2.18. The first-order valence-electron chi connectivity index (χ1n) is 15.0. The van der Waals surface area contributed by atoms with E-state index in [1.807, 2.05) is 12.1 Å². The van der Waals surface area contributed by atoms with Gasteiger partial charge in [0.1, 0.15) is 17.8 Å². The molecule has 5 heterocycles. The van der Waals surface area contributed by atoms with E-state index >= 15 is 0 Å². The molecule has 0 saturated carbocycles. The monoisotopic (exact) mass is 633 g/mol. The number of aromatic nitrogens is 7. The van der Waals surface area contributed by atoms with Gasteiger partial charge in [-0.3, -0.25) is 4.98 Å². The molecule has 0 radical (unpaired) electrons. The Hall–Kier alpha value is -5.36. The summed E-state index contributed by atoms with van der Waals surface area (Å²) in [6, 6.07) is 15.7. The summed E-state index contributed by atoms with van der Waals surface area (Å²) in [7, 11) is 0. The number of thiophene rings is 1. The number of rotatable bonds is 12. The zero-order chi connectivity index (χ0) is 32.2. The number of unbranched alkanes of at least 4 members (excludes halogenated alkanes) is 1. The lowest BCUT2D eigenvalue weighted by molar-refractivity contribution is 0.0686. The van der Waals surface area contributed by atoms with Crippen molar-refractivity contribution in [2.45, 2.75) is 46.0 Å². The molecule has 1 atom stereocenters. The highest BCUT2D eigenvalue weighted by Crippen LogP contribution is 2.33. The summed E-state index contributed by atoms with van der Waals surface area (Å²) < 4.78 is 0. The highest BCUT2D eigenvalue weighted by molar-refractivity contribution is 7.18. The van der Waals surface area contributed by atoms with E-state index in [-0.39, 0.29) is 34.0 Å². The molecular formula is C34H31N7O4S. The minimum atomic E-state index is -1.18. The van der Waals surface area contributed by atoms with Crippen LogP contribution in [0.3, 0.4) is 0 Å². The van der Waals surface area contributed by atoms with Gasteiger partial charge in [-0.25, -0.2) is 34.5 Å². The number of carbonyl (C=O) groups is 2. The first-order chi connectivity index (χ1) is 22.3. The topological polar surface area (TPSA) is 168 Å². The largest absolute Gasteiger partial charge is 0.478 e. The van der Waals surface area contributed by atoms with Crippen LogP contribution in [0.1, 0.15) is 65.8 Å². The molecular weight excluding hydrogens is 602 g/mol. The number of carboxylic acid groups (broad SMARTS) is 2. The van der Waals surface area contributed by atoms with Crippen LogP contribution in [-0.2, 0) is 6.42 Å². The summed E-state index contributed by atoms with van der Waals surface area (Å²) in [6.45, 7) is 4.50. The predicted molar refractivity (Wildman–Crippen MR) is 176 cm³/mol. The van der Waals surface area contributed by atoms with Crippen LogP contribution in [0, 0.1) is 5.92 Å². The molecule has 0 saturated heterocycles. The van der Waals surface area contributed by atoms with Gasteiger partial charge in [0.2, 0.25) is 0 Å². The van der Waals surface area contributed by atoms with E-state index in [0.717, 1.165) is 33.0 Å². The van der Waals surface area contributed by atoms with Gasteiger partial charge in [-0.1, -0.05) is 45.6 Å². The molecule has 0 bridgehead atoms. The van der Waals surface area contributed by atoms with Crippen molar-refractivity contribution < 1.29 is 19.8 Å². The summed E-state index contributed by atoms with van der Waals surface area (Å²) >= 11 is 1.47. The first kappa shape index (κ1) is 30.7. The fraction of sp³-hybridized carbons (Fsp3) is 0.235. The Balaban J connectivity index is 1.28. The van der Waals surface area contributed by atoms with Gasteiger partial charge >= 0.3 is 11.9 Å². The van der Waals surface area contributed by atoms with E-state index in [4.69, 9.17) is 4.98 Å². The van der Waals surface area contributed by atoms with Crippen molar-refractivity contribution in [3.63, 3.8) is 0 Å². The number of H-pyrrole nitrogens is 1. The van der Waals surface area contributed by atoms with Gasteiger partial charge in [0.15, 0.2) is 11.6 Å². The molecule has 3 N–H and O–H groups in total. The molecule has 5 aromatic heterocycles. The maximum absolute atomic E-state index is 11.9. The van der Waals surface area contributed by atoms with E-state index in [2.05, 4.69) is 62.0 Å². The number of aromatic carboxylic acids is 2. The maximum atomic E-state index is 11.9. The number of carboxylic acids is 2. The molecule has 0 amide bonds. The van der Waals surface area contributed by atoms with E-state index < -0.39 is 11.9 Å². The molecule has 0 aliphatic heterocycles. The Morgan fingerprint density at radius 3 is 2.35 bits per heavy atom. The molecule has 6 aromatic rings. The van der Waals surface area contributed by atoms with Crippen LogP contribution in [0.4, 0.5) is 0 Å². The maximum Gasteiger partial charge on any atom is 0.335 e. The minimum absolute atomic E-state index is 0.00228. The average Bonchev–Trinajstić information content (AvgIpc) is 3.74. The third-order valence-electron chi connectivity index (χ3n) is 7.82. The number of aromatic amines is 1. The Morgan fingerprint density at radius 1 is 0.804 bits per heavy atom. The van der Waals surface area contributed by atoms with Crippen molar-refractivity contribution in [1.29, 1.82) is 0 Å². The van der Waals surface area contributed by atoms with Crippen LogP contribution in [0.2, 0.25) is 0 Å². The van der Waals surface area contributed by atoms with E-state index in [9.17, 15) is 19.8 Å². The molecule has 6 rings (SSSR count). The summed E-state index contributed by atoms with van der Waals surface area (Å²) in [5, 5.41) is 19.1. The van der Waals surface area contributed by atoms with Crippen molar-refractivity contribution in [3.8, 4) is 44.3 Å². The molecule has 1 aromatic carbocycles. The van der Waals surface area contributed by atoms with Crippen molar-refractivity contribution in [1.82, 2.24) is 34.9 Å². The second kappa shape index (κ2) is 13.3. The molecule has 12 heteroatoms. The van der Waals surface area contributed by atoms with Gasteiger partial charge in [0.05, 0.1) is 43.3 Å². The molecule has 46 heavy (non-hydrogen) atoms. The number of fused-ring (bicyclic) bond motifs is 1. The van der Waals surface area contributed by atoms with Gasteiger partial charge in [-0.15, -0.1) is 11.3 Å². The zero-order valence-electron chi connectivity index (χ0n) is 25.3. The quantitative estimate of drug-likeness (QED) is 0.123. The summed E-state index contributed by atoms with van der Waals surface area (Å²) in [6.07, 6.45) is 8.63. The lowest BCUT2D eigenvalue weighted by Crippen LogP contribution is -2.03. The second-order valence-electron chi connectivity index (χ2n) is 11.0. The second-order valence-corrected chi connectivity index (χ2v) is 12.1. The zero-order valence-corrected chi connectivity index (χ0v) is 26.1. The van der Waals surface area contributed by atoms with Gasteiger partial charge < -0.3 is 15.2 Å². The van der Waals surface area contributed by atoms with Crippen molar-refractivity contribution >= 4 is 34.3 Å². The number of nitrogens with zero attached hydrogens (tertiary/aromatic N) is 6. The normalized spacial score (nSPS) is 12.0. The molecule has 232 valence electrons. The minimum Gasteiger partial charge on any atom is -0.478 e. The Bertz CT molecular complexity index is 2050. The number of pyridine rings is 2. The van der Waals surface area contributed by atoms with Crippen molar-refractivity contribution in [2.75, 3.05) is 0 Å². The molecule has 0 aliphatic rings. The summed E-state index contributed by atoms with van der Waals surface area (Å²) in [5.74, 6) is -0.320. The third kappa shape index (κ3) is 6.66. The van der Waals surface area contributed by atoms with Crippen LogP contribution in [-0.4, -0.2) is 57.0 Å². The van der Waals surface area contributed by atoms with Crippen LogP contribution in [0.25, 0.3) is 55.3 Å². The number of imidazole rings is 1. The molecule has 11 nitrogen and oxygen atoms in total. The predicted octanol–water partition coefficient (Wildman–Crippen LogP) is 7.42. The van der Waals surface area contributed by atoms with Gasteiger partial charge in [-0.05, 0) is 66.4 Å². The SMILES string of the molecule is CCCCC(CC)Cc1ccc2nc(-c3ccc(-c4ncnc(-c5cc(C(=O)O)cc(-c6cc(C(=O)O)ccn6)n5)n4)s3)[nH]c2c1. The van der Waals surface area contributed by atoms with Crippen molar-refractivity contribution in [2.24, 2.45) is 5.92 Å². The number of benzene rings is 1. The lowest BCUT2D eigenvalue weighted by atomic mass is 9.92. The summed E-state index contributed by atoms with van der Waals surface area (Å²) in [4.78, 5) is 55.3. The fourth-order valence-corrected chi connectivity index (χ4v) is 6.20. The fourth-order valence-electron chi connectivity index (χ4n) is 5.30. The van der Waals surface area contributed by atoms with Crippen molar-refractivity contribution in [3.05, 3.63) is 83.8 Å². The van der Waals surface area contributed by atoms with E-state index in [1.54, 1.807) is 0 Å². The number of nitrogens with one attached hydrogen (secondary N) is 1. The van der Waals surface area contributed by atoms with Gasteiger partial charge in [0.25, 0.3) is 0 Å². The number of hydrogen-bond donors (Lipinski definition) is 3. The molecule has 1 unspecified atom stereocenters. The van der Waals surface area contributed by atoms with Crippen LogP contribution < -0.4 is 0 Å². The Kier molecular flexibility index (Phi) is 8.88.